The molecule has 0 aromatic carbocycles. The number of likely N-dealkylation sites (N-methyl/N-ethyl adjacent to an activating group) is 1. The molecule has 1 N–H and O–H groups in total. The van der Waals surface area contributed by atoms with Crippen LogP contribution in [0.3, 0.4) is 0 Å². The van der Waals surface area contributed by atoms with Gasteiger partial charge >= 0.3 is 0 Å². The molecule has 0 saturated heterocycles. The average Bonchev–Trinajstić information content (AvgIpc) is 2.65. The van der Waals surface area contributed by atoms with Crippen molar-refractivity contribution >= 4 is 11.3 Å². The first-order valence-corrected chi connectivity index (χ1v) is 6.72. The van der Waals surface area contributed by atoms with Gasteiger partial charge in [0.2, 0.25) is 0 Å². The second-order valence-corrected chi connectivity index (χ2v) is 4.88. The molecule has 1 aromatic heterocycles. The lowest BCUT2D eigenvalue weighted by molar-refractivity contribution is 0.478. The lowest BCUT2D eigenvalue weighted by atomic mass is 10.1. The van der Waals surface area contributed by atoms with Crippen LogP contribution in [0, 0.1) is 19.3 Å². The highest BCUT2D eigenvalue weighted by atomic mass is 32.1. The zero-order chi connectivity index (χ0) is 11.8. The van der Waals surface area contributed by atoms with Crippen LogP contribution in [-0.2, 0) is 6.42 Å². The van der Waals surface area contributed by atoms with Gasteiger partial charge in [-0.1, -0.05) is 6.92 Å². The van der Waals surface area contributed by atoms with Crippen molar-refractivity contribution < 1.29 is 0 Å². The van der Waals surface area contributed by atoms with Crippen LogP contribution in [0.15, 0.2) is 5.38 Å². The van der Waals surface area contributed by atoms with Gasteiger partial charge in [-0.15, -0.1) is 23.7 Å². The van der Waals surface area contributed by atoms with Crippen LogP contribution >= 0.6 is 11.3 Å². The van der Waals surface area contributed by atoms with Crippen LogP contribution in [0.5, 0.6) is 0 Å². The summed E-state index contributed by atoms with van der Waals surface area (Å²) < 4.78 is 0. The number of hydrogen-bond acceptors (Lipinski definition) is 3. The minimum atomic E-state index is 0.517. The van der Waals surface area contributed by atoms with Crippen LogP contribution in [-0.4, -0.2) is 17.6 Å². The van der Waals surface area contributed by atoms with Gasteiger partial charge in [-0.2, -0.15) is 0 Å². The van der Waals surface area contributed by atoms with Gasteiger partial charge in [0.15, 0.2) is 0 Å². The van der Waals surface area contributed by atoms with Crippen molar-refractivity contribution in [2.45, 2.75) is 45.6 Å². The number of thiazole rings is 1. The van der Waals surface area contributed by atoms with E-state index in [-0.39, 0.29) is 0 Å². The molecule has 0 saturated carbocycles. The Labute approximate surface area is 102 Å². The highest BCUT2D eigenvalue weighted by Crippen LogP contribution is 2.13. The third-order valence-electron chi connectivity index (χ3n) is 2.45. The fraction of sp³-hybridized carbons (Fsp3) is 0.615. The molecular formula is C13H20N2S. The van der Waals surface area contributed by atoms with Crippen LogP contribution in [0.2, 0.25) is 0 Å². The average molecular weight is 236 g/mol. The summed E-state index contributed by atoms with van der Waals surface area (Å²) in [7, 11) is 0. The predicted molar refractivity (Wildman–Crippen MR) is 70.7 cm³/mol. The standard InChI is InChI=1S/C13H20N2S/c1-4-6-7-8-12(14-5-2)9-13-15-11(3)10-16-13/h1,10,12,14H,5-9H2,2-3H3. The number of terminal acetylenes is 1. The van der Waals surface area contributed by atoms with Gasteiger partial charge in [-0.25, -0.2) is 4.98 Å². The molecule has 0 spiro atoms. The molecule has 0 amide bonds. The first-order valence-electron chi connectivity index (χ1n) is 5.84. The Morgan fingerprint density at radius 2 is 2.44 bits per heavy atom. The Balaban J connectivity index is 2.41. The van der Waals surface area contributed by atoms with Crippen molar-refractivity contribution in [2.24, 2.45) is 0 Å². The van der Waals surface area contributed by atoms with E-state index in [0.717, 1.165) is 37.9 Å². The van der Waals surface area contributed by atoms with E-state index in [1.165, 1.54) is 5.01 Å². The van der Waals surface area contributed by atoms with E-state index in [2.05, 4.69) is 28.5 Å². The Bertz CT molecular complexity index is 338. The number of nitrogens with one attached hydrogen (secondary N) is 1. The fourth-order valence-electron chi connectivity index (χ4n) is 1.72. The summed E-state index contributed by atoms with van der Waals surface area (Å²) in [5.41, 5.74) is 1.12. The van der Waals surface area contributed by atoms with E-state index in [4.69, 9.17) is 6.42 Å². The van der Waals surface area contributed by atoms with Crippen molar-refractivity contribution in [1.82, 2.24) is 10.3 Å². The van der Waals surface area contributed by atoms with Gasteiger partial charge in [0.05, 0.1) is 5.01 Å². The van der Waals surface area contributed by atoms with Gasteiger partial charge in [0.25, 0.3) is 0 Å². The fourth-order valence-corrected chi connectivity index (χ4v) is 2.58. The number of rotatable bonds is 7. The zero-order valence-electron chi connectivity index (χ0n) is 10.1. The van der Waals surface area contributed by atoms with E-state index in [1.807, 2.05) is 6.92 Å². The van der Waals surface area contributed by atoms with Crippen molar-refractivity contribution in [2.75, 3.05) is 6.54 Å². The van der Waals surface area contributed by atoms with E-state index in [9.17, 15) is 0 Å². The smallest absolute Gasteiger partial charge is 0.0943 e. The lowest BCUT2D eigenvalue weighted by Gasteiger charge is -2.15. The molecule has 1 unspecified atom stereocenters. The minimum Gasteiger partial charge on any atom is -0.314 e. The maximum absolute atomic E-state index is 5.26. The Kier molecular flexibility index (Phi) is 6.14. The van der Waals surface area contributed by atoms with Gasteiger partial charge < -0.3 is 5.32 Å². The lowest BCUT2D eigenvalue weighted by Crippen LogP contribution is -2.30. The first kappa shape index (κ1) is 13.2. The highest BCUT2D eigenvalue weighted by molar-refractivity contribution is 7.09. The molecule has 16 heavy (non-hydrogen) atoms. The maximum Gasteiger partial charge on any atom is 0.0943 e. The van der Waals surface area contributed by atoms with E-state index < -0.39 is 0 Å². The molecule has 0 aliphatic rings. The van der Waals surface area contributed by atoms with Crippen molar-refractivity contribution in [3.05, 3.63) is 16.1 Å². The monoisotopic (exact) mass is 236 g/mol. The van der Waals surface area contributed by atoms with Crippen LogP contribution in [0.25, 0.3) is 0 Å². The maximum atomic E-state index is 5.26. The van der Waals surface area contributed by atoms with Crippen molar-refractivity contribution in [3.8, 4) is 12.3 Å². The summed E-state index contributed by atoms with van der Waals surface area (Å²) in [5, 5.41) is 6.83. The molecule has 88 valence electrons. The Morgan fingerprint density at radius 1 is 1.62 bits per heavy atom. The Morgan fingerprint density at radius 3 is 3.00 bits per heavy atom. The number of nitrogens with zero attached hydrogens (tertiary/aromatic N) is 1. The Hall–Kier alpha value is -0.850. The number of hydrogen-bond donors (Lipinski definition) is 1. The van der Waals surface area contributed by atoms with Crippen molar-refractivity contribution in [3.63, 3.8) is 0 Å². The van der Waals surface area contributed by atoms with Crippen LogP contribution < -0.4 is 5.32 Å². The third-order valence-corrected chi connectivity index (χ3v) is 3.44. The summed E-state index contributed by atoms with van der Waals surface area (Å²) in [4.78, 5) is 4.50. The minimum absolute atomic E-state index is 0.517. The molecule has 2 nitrogen and oxygen atoms in total. The molecule has 0 fully saturated rings. The molecule has 0 radical (unpaired) electrons. The van der Waals surface area contributed by atoms with E-state index in [0.29, 0.717) is 6.04 Å². The highest BCUT2D eigenvalue weighted by Gasteiger charge is 2.10. The third kappa shape index (κ3) is 4.78. The second-order valence-electron chi connectivity index (χ2n) is 3.94. The van der Waals surface area contributed by atoms with Gasteiger partial charge in [0, 0.05) is 30.0 Å². The van der Waals surface area contributed by atoms with Crippen molar-refractivity contribution in [1.29, 1.82) is 0 Å². The van der Waals surface area contributed by atoms with E-state index >= 15 is 0 Å². The summed E-state index contributed by atoms with van der Waals surface area (Å²) >= 11 is 1.75. The molecule has 1 heterocycles. The van der Waals surface area contributed by atoms with Gasteiger partial charge in [-0.05, 0) is 26.3 Å². The molecule has 1 aromatic rings. The van der Waals surface area contributed by atoms with Gasteiger partial charge in [0.1, 0.15) is 0 Å². The molecular weight excluding hydrogens is 216 g/mol. The molecule has 0 aliphatic carbocycles. The SMILES string of the molecule is C#CCCCC(Cc1nc(C)cs1)NCC. The largest absolute Gasteiger partial charge is 0.314 e. The summed E-state index contributed by atoms with van der Waals surface area (Å²) in [6.45, 7) is 5.19. The molecule has 3 heteroatoms. The molecule has 1 rings (SSSR count). The number of unbranched alkanes of at least 4 members (excludes halogenated alkanes) is 1. The summed E-state index contributed by atoms with van der Waals surface area (Å²) in [5.74, 6) is 2.69. The van der Waals surface area contributed by atoms with E-state index in [1.54, 1.807) is 11.3 Å². The first-order chi connectivity index (χ1) is 7.76. The quantitative estimate of drug-likeness (QED) is 0.581. The van der Waals surface area contributed by atoms with Crippen LogP contribution in [0.1, 0.15) is 36.9 Å². The van der Waals surface area contributed by atoms with Crippen LogP contribution in [0.4, 0.5) is 0 Å². The number of aromatic nitrogens is 1. The topological polar surface area (TPSA) is 24.9 Å². The van der Waals surface area contributed by atoms with Gasteiger partial charge in [-0.3, -0.25) is 0 Å². The second kappa shape index (κ2) is 7.43. The summed E-state index contributed by atoms with van der Waals surface area (Å²) in [6, 6.07) is 0.517. The molecule has 1 atom stereocenters. The molecule has 0 aliphatic heterocycles. The summed E-state index contributed by atoms with van der Waals surface area (Å²) in [6.07, 6.45) is 9.39. The predicted octanol–water partition coefficient (Wildman–Crippen LogP) is 2.78. The zero-order valence-corrected chi connectivity index (χ0v) is 10.9. The molecule has 0 bridgehead atoms. The normalized spacial score (nSPS) is 12.3. The number of aryl methyl sites for hydroxylation is 1.